The fourth-order valence-electron chi connectivity index (χ4n) is 1.91. The molecule has 0 spiro atoms. The molecule has 0 aliphatic carbocycles. The number of carbonyl (C=O) groups excluding carboxylic acids is 1. The van der Waals surface area contributed by atoms with Crippen LogP contribution >= 0.6 is 0 Å². The van der Waals surface area contributed by atoms with E-state index in [0.29, 0.717) is 26.3 Å². The van der Waals surface area contributed by atoms with Crippen LogP contribution in [0.25, 0.3) is 0 Å². The second-order valence-corrected chi connectivity index (χ2v) is 4.04. The number of rotatable bonds is 2. The lowest BCUT2D eigenvalue weighted by Gasteiger charge is -2.27. The van der Waals surface area contributed by atoms with Crippen LogP contribution in [0, 0.1) is 0 Å². The Hall–Kier alpha value is -1.55. The predicted octanol–water partition coefficient (Wildman–Crippen LogP) is 2.11. The third kappa shape index (κ3) is 2.97. The summed E-state index contributed by atoms with van der Waals surface area (Å²) < 4.78 is 5.22. The van der Waals surface area contributed by atoms with E-state index in [1.54, 1.807) is 4.90 Å². The first-order chi connectivity index (χ1) is 8.31. The van der Waals surface area contributed by atoms with Crippen molar-refractivity contribution in [3.8, 4) is 0 Å². The van der Waals surface area contributed by atoms with Crippen LogP contribution in [-0.2, 0) is 11.2 Å². The monoisotopic (exact) mass is 234 g/mol. The fraction of sp³-hybridized carbons (Fsp3) is 0.462. The molecule has 0 saturated carbocycles. The van der Waals surface area contributed by atoms with E-state index in [0.717, 1.165) is 17.7 Å². The molecule has 0 atom stereocenters. The molecule has 0 bridgehead atoms. The number of benzene rings is 1. The standard InChI is InChI=1S/C13H18N2O2/c1-2-11-5-3-4-6-12(11)14-13(16)15-7-9-17-10-8-15/h3-6H,2,7-10H2,1H3,(H,14,16). The van der Waals surface area contributed by atoms with Crippen molar-refractivity contribution in [2.24, 2.45) is 0 Å². The van der Waals surface area contributed by atoms with Crippen molar-refractivity contribution < 1.29 is 9.53 Å². The number of nitrogens with one attached hydrogen (secondary N) is 1. The van der Waals surface area contributed by atoms with Crippen molar-refractivity contribution in [1.82, 2.24) is 4.90 Å². The van der Waals surface area contributed by atoms with Crippen LogP contribution < -0.4 is 5.32 Å². The largest absolute Gasteiger partial charge is 0.378 e. The Morgan fingerprint density at radius 2 is 2.06 bits per heavy atom. The maximum atomic E-state index is 12.0. The molecule has 1 N–H and O–H groups in total. The van der Waals surface area contributed by atoms with Gasteiger partial charge in [0.15, 0.2) is 0 Å². The first-order valence-corrected chi connectivity index (χ1v) is 6.03. The summed E-state index contributed by atoms with van der Waals surface area (Å²) in [5.74, 6) is 0. The average Bonchev–Trinajstić information content (AvgIpc) is 2.40. The van der Waals surface area contributed by atoms with Crippen molar-refractivity contribution >= 4 is 11.7 Å². The van der Waals surface area contributed by atoms with Crippen LogP contribution in [0.4, 0.5) is 10.5 Å². The predicted molar refractivity (Wildman–Crippen MR) is 67.2 cm³/mol. The molecule has 4 nitrogen and oxygen atoms in total. The lowest BCUT2D eigenvalue weighted by atomic mass is 10.1. The van der Waals surface area contributed by atoms with E-state index in [-0.39, 0.29) is 6.03 Å². The highest BCUT2D eigenvalue weighted by atomic mass is 16.5. The number of hydrogen-bond donors (Lipinski definition) is 1. The Morgan fingerprint density at radius 3 is 2.76 bits per heavy atom. The smallest absolute Gasteiger partial charge is 0.322 e. The van der Waals surface area contributed by atoms with Gasteiger partial charge in [0.05, 0.1) is 13.2 Å². The van der Waals surface area contributed by atoms with Crippen LogP contribution in [0.1, 0.15) is 12.5 Å². The molecule has 1 aliphatic rings. The highest BCUT2D eigenvalue weighted by Crippen LogP contribution is 2.16. The summed E-state index contributed by atoms with van der Waals surface area (Å²) in [5, 5.41) is 2.96. The van der Waals surface area contributed by atoms with Gasteiger partial charge in [-0.1, -0.05) is 25.1 Å². The summed E-state index contributed by atoms with van der Waals surface area (Å²) in [6.45, 7) is 4.67. The molecular weight excluding hydrogens is 216 g/mol. The normalized spacial score (nSPS) is 15.7. The first-order valence-electron chi connectivity index (χ1n) is 6.03. The van der Waals surface area contributed by atoms with Gasteiger partial charge in [0.2, 0.25) is 0 Å². The van der Waals surface area contributed by atoms with E-state index >= 15 is 0 Å². The van der Waals surface area contributed by atoms with Crippen LogP contribution in [0.5, 0.6) is 0 Å². The Kier molecular flexibility index (Phi) is 3.98. The Bertz CT molecular complexity index is 387. The van der Waals surface area contributed by atoms with E-state index in [9.17, 15) is 4.79 Å². The molecule has 1 saturated heterocycles. The summed E-state index contributed by atoms with van der Waals surface area (Å²) >= 11 is 0. The minimum atomic E-state index is -0.0331. The molecule has 1 aliphatic heterocycles. The minimum absolute atomic E-state index is 0.0331. The maximum absolute atomic E-state index is 12.0. The van der Waals surface area contributed by atoms with E-state index in [4.69, 9.17) is 4.74 Å². The van der Waals surface area contributed by atoms with Gasteiger partial charge in [-0.05, 0) is 18.1 Å². The highest BCUT2D eigenvalue weighted by molar-refractivity contribution is 5.90. The molecule has 92 valence electrons. The van der Waals surface area contributed by atoms with Gasteiger partial charge in [0.1, 0.15) is 0 Å². The van der Waals surface area contributed by atoms with Gasteiger partial charge in [0, 0.05) is 18.8 Å². The summed E-state index contributed by atoms with van der Waals surface area (Å²) in [5.41, 5.74) is 2.07. The van der Waals surface area contributed by atoms with Gasteiger partial charge < -0.3 is 15.0 Å². The Balaban J connectivity index is 2.01. The minimum Gasteiger partial charge on any atom is -0.378 e. The van der Waals surface area contributed by atoms with E-state index in [1.165, 1.54) is 0 Å². The van der Waals surface area contributed by atoms with Crippen LogP contribution in [-0.4, -0.2) is 37.2 Å². The molecule has 1 aromatic carbocycles. The zero-order valence-electron chi connectivity index (χ0n) is 10.1. The van der Waals surface area contributed by atoms with Crippen LogP contribution in [0.15, 0.2) is 24.3 Å². The average molecular weight is 234 g/mol. The molecule has 0 radical (unpaired) electrons. The van der Waals surface area contributed by atoms with Crippen LogP contribution in [0.2, 0.25) is 0 Å². The van der Waals surface area contributed by atoms with Gasteiger partial charge in [-0.25, -0.2) is 4.79 Å². The molecular formula is C13H18N2O2. The maximum Gasteiger partial charge on any atom is 0.322 e. The number of hydrogen-bond acceptors (Lipinski definition) is 2. The van der Waals surface area contributed by atoms with Gasteiger partial charge in [-0.2, -0.15) is 0 Å². The van der Waals surface area contributed by atoms with Crippen molar-refractivity contribution in [3.05, 3.63) is 29.8 Å². The van der Waals surface area contributed by atoms with Crippen molar-refractivity contribution in [1.29, 1.82) is 0 Å². The number of morpholine rings is 1. The molecule has 4 heteroatoms. The number of aryl methyl sites for hydroxylation is 1. The number of amides is 2. The van der Waals surface area contributed by atoms with Gasteiger partial charge in [0.25, 0.3) is 0 Å². The van der Waals surface area contributed by atoms with E-state index in [1.807, 2.05) is 24.3 Å². The Morgan fingerprint density at radius 1 is 1.35 bits per heavy atom. The Labute approximate surface area is 102 Å². The number of ether oxygens (including phenoxy) is 1. The van der Waals surface area contributed by atoms with Crippen molar-refractivity contribution in [2.45, 2.75) is 13.3 Å². The number of nitrogens with zero attached hydrogens (tertiary/aromatic N) is 1. The van der Waals surface area contributed by atoms with Crippen molar-refractivity contribution in [2.75, 3.05) is 31.6 Å². The molecule has 1 heterocycles. The number of anilines is 1. The third-order valence-electron chi connectivity index (χ3n) is 2.94. The highest BCUT2D eigenvalue weighted by Gasteiger charge is 2.17. The topological polar surface area (TPSA) is 41.6 Å². The number of para-hydroxylation sites is 1. The lowest BCUT2D eigenvalue weighted by Crippen LogP contribution is -2.43. The summed E-state index contributed by atoms with van der Waals surface area (Å²) in [4.78, 5) is 13.8. The first kappa shape index (κ1) is 11.9. The van der Waals surface area contributed by atoms with Crippen molar-refractivity contribution in [3.63, 3.8) is 0 Å². The fourth-order valence-corrected chi connectivity index (χ4v) is 1.91. The van der Waals surface area contributed by atoms with Gasteiger partial charge >= 0.3 is 6.03 Å². The number of urea groups is 1. The van der Waals surface area contributed by atoms with E-state index < -0.39 is 0 Å². The second-order valence-electron chi connectivity index (χ2n) is 4.04. The second kappa shape index (κ2) is 5.68. The zero-order valence-corrected chi connectivity index (χ0v) is 10.1. The van der Waals surface area contributed by atoms with E-state index in [2.05, 4.69) is 12.2 Å². The molecule has 0 aromatic heterocycles. The zero-order chi connectivity index (χ0) is 12.1. The lowest BCUT2D eigenvalue weighted by molar-refractivity contribution is 0.0564. The van der Waals surface area contributed by atoms with Gasteiger partial charge in [-0.15, -0.1) is 0 Å². The molecule has 1 fully saturated rings. The summed E-state index contributed by atoms with van der Waals surface area (Å²) in [6, 6.07) is 7.87. The molecule has 1 aromatic rings. The van der Waals surface area contributed by atoms with Crippen LogP contribution in [0.3, 0.4) is 0 Å². The number of carbonyl (C=O) groups is 1. The molecule has 2 amide bonds. The SMILES string of the molecule is CCc1ccccc1NC(=O)N1CCOCC1. The summed E-state index contributed by atoms with van der Waals surface area (Å²) in [7, 11) is 0. The molecule has 17 heavy (non-hydrogen) atoms. The van der Waals surface area contributed by atoms with Gasteiger partial charge in [-0.3, -0.25) is 0 Å². The third-order valence-corrected chi connectivity index (χ3v) is 2.94. The molecule has 2 rings (SSSR count). The summed E-state index contributed by atoms with van der Waals surface area (Å²) in [6.07, 6.45) is 0.916. The quantitative estimate of drug-likeness (QED) is 0.851. The molecule has 0 unspecified atom stereocenters.